The van der Waals surface area contributed by atoms with Gasteiger partial charge in [0.2, 0.25) is 5.91 Å². The number of hydrogen-bond acceptors (Lipinski definition) is 6. The minimum absolute atomic E-state index is 0.0741. The highest BCUT2D eigenvalue weighted by molar-refractivity contribution is 9.10. The van der Waals surface area contributed by atoms with Gasteiger partial charge in [-0.2, -0.15) is 10.3 Å². The Morgan fingerprint density at radius 2 is 1.67 bits per heavy atom. The molecule has 1 aliphatic rings. The smallest absolute Gasteiger partial charge is 0.285 e. The van der Waals surface area contributed by atoms with E-state index in [1.165, 1.54) is 11.0 Å². The van der Waals surface area contributed by atoms with Crippen LogP contribution in [0, 0.1) is 11.3 Å². The minimum Gasteiger partial charge on any atom is -0.487 e. The number of amidine groups is 1. The molecule has 10 heteroatoms. The van der Waals surface area contributed by atoms with Gasteiger partial charge in [0.25, 0.3) is 11.8 Å². The third-order valence-electron chi connectivity index (χ3n) is 8.24. The van der Waals surface area contributed by atoms with E-state index in [2.05, 4.69) is 45.5 Å². The number of aliphatic imine (C=N–C) groups is 1. The van der Waals surface area contributed by atoms with Crippen molar-refractivity contribution in [3.63, 3.8) is 0 Å². The van der Waals surface area contributed by atoms with E-state index in [4.69, 9.17) is 4.74 Å². The first kappa shape index (κ1) is 39.2. The Morgan fingerprint density at radius 1 is 1.00 bits per heavy atom. The average molecular weight is 798 g/mol. The van der Waals surface area contributed by atoms with E-state index < -0.39 is 17.9 Å². The summed E-state index contributed by atoms with van der Waals surface area (Å²) in [5.74, 6) is -1.19. The highest BCUT2D eigenvalue weighted by Gasteiger charge is 2.35. The van der Waals surface area contributed by atoms with Crippen molar-refractivity contribution in [1.82, 2.24) is 10.2 Å². The van der Waals surface area contributed by atoms with Gasteiger partial charge in [0.05, 0.1) is 27.9 Å². The molecule has 8 nitrogen and oxygen atoms in total. The van der Waals surface area contributed by atoms with Crippen molar-refractivity contribution in [2.24, 2.45) is 4.99 Å². The highest BCUT2D eigenvalue weighted by atomic mass is 79.9. The molecule has 1 N–H and O–H groups in total. The van der Waals surface area contributed by atoms with Gasteiger partial charge in [-0.25, -0.2) is 0 Å². The molecule has 0 fully saturated rings. The normalized spacial score (nSPS) is 13.9. The molecule has 0 aromatic heterocycles. The third kappa shape index (κ3) is 9.69. The number of hydrogen-bond donors (Lipinski definition) is 1. The SMILES string of the molecule is C=C/C=C\C(=C/C)N1C(=O)/C(=C/c2cc(Br)c(OCc3ccccc3C#N)c(CC=C)c2)C(=O)N=C1SCC(=O)NC(c1ccccc1)c1ccccc1. The Hall–Kier alpha value is -6.02. The number of benzene rings is 4. The number of carbonyl (C=O) groups is 3. The zero-order valence-corrected chi connectivity index (χ0v) is 32.0. The number of rotatable bonds is 14. The quantitative estimate of drug-likeness (QED) is 0.0590. The number of carbonyl (C=O) groups excluding carboxylic acids is 3. The molecule has 0 saturated heterocycles. The van der Waals surface area contributed by atoms with E-state index in [0.29, 0.717) is 33.5 Å². The summed E-state index contributed by atoms with van der Waals surface area (Å²) in [7, 11) is 0. The van der Waals surface area contributed by atoms with Gasteiger partial charge in [-0.1, -0.05) is 122 Å². The van der Waals surface area contributed by atoms with Gasteiger partial charge in [0.15, 0.2) is 5.17 Å². The van der Waals surface area contributed by atoms with E-state index in [1.807, 2.05) is 78.9 Å². The van der Waals surface area contributed by atoms with Crippen molar-refractivity contribution in [3.8, 4) is 11.8 Å². The number of nitrogens with zero attached hydrogens (tertiary/aromatic N) is 3. The molecule has 1 heterocycles. The van der Waals surface area contributed by atoms with Gasteiger partial charge < -0.3 is 10.1 Å². The van der Waals surface area contributed by atoms with E-state index in [1.54, 1.807) is 55.5 Å². The van der Waals surface area contributed by atoms with Gasteiger partial charge in [0.1, 0.15) is 17.9 Å². The van der Waals surface area contributed by atoms with E-state index in [0.717, 1.165) is 34.0 Å². The van der Waals surface area contributed by atoms with E-state index in [9.17, 15) is 19.6 Å². The first-order chi connectivity index (χ1) is 26.3. The van der Waals surface area contributed by atoms with Crippen LogP contribution >= 0.6 is 27.7 Å². The molecule has 3 amide bonds. The fraction of sp³-hybridized carbons (Fsp3) is 0.114. The van der Waals surface area contributed by atoms with Crippen LogP contribution in [-0.4, -0.2) is 33.5 Å². The van der Waals surface area contributed by atoms with Gasteiger partial charge in [0, 0.05) is 11.3 Å². The topological polar surface area (TPSA) is 112 Å². The van der Waals surface area contributed by atoms with Crippen molar-refractivity contribution >= 4 is 56.7 Å². The summed E-state index contributed by atoms with van der Waals surface area (Å²) in [6.45, 7) is 9.55. The Morgan fingerprint density at radius 3 is 2.30 bits per heavy atom. The standard InChI is InChI=1S/C44H37BrN4O4S/c1-4-7-23-36(6-3)49-43(52)37(25-30-24-33(16-5-2)41(38(45)26-30)53-28-35-22-15-14-21-34(35)27-46)42(51)48-44(49)54-29-39(50)47-40(31-17-10-8-11-18-31)32-19-12-9-13-20-32/h4-15,17-26,40H,1-2,16,28-29H2,3H3,(H,47,50)/b23-7-,36-6+,37-25+. The lowest BCUT2D eigenvalue weighted by atomic mass is 9.99. The van der Waals surface area contributed by atoms with Gasteiger partial charge in [-0.05, 0) is 81.9 Å². The molecule has 0 unspecified atom stereocenters. The molecule has 4 aromatic rings. The van der Waals surface area contributed by atoms with E-state index in [-0.39, 0.29) is 29.0 Å². The van der Waals surface area contributed by atoms with Crippen molar-refractivity contribution in [1.29, 1.82) is 5.26 Å². The molecule has 270 valence electrons. The second-order valence-electron chi connectivity index (χ2n) is 11.9. The molecule has 1 aliphatic heterocycles. The highest BCUT2D eigenvalue weighted by Crippen LogP contribution is 2.34. The van der Waals surface area contributed by atoms with Crippen molar-refractivity contribution in [3.05, 3.63) is 190 Å². The average Bonchev–Trinajstić information content (AvgIpc) is 3.19. The Balaban J connectivity index is 1.43. The fourth-order valence-electron chi connectivity index (χ4n) is 5.69. The Kier molecular flexibility index (Phi) is 13.9. The summed E-state index contributed by atoms with van der Waals surface area (Å²) in [4.78, 5) is 47.0. The molecule has 0 spiro atoms. The second-order valence-corrected chi connectivity index (χ2v) is 13.7. The molecule has 0 aliphatic carbocycles. The van der Waals surface area contributed by atoms with Crippen molar-refractivity contribution < 1.29 is 19.1 Å². The van der Waals surface area contributed by atoms with Crippen LogP contribution in [0.5, 0.6) is 5.75 Å². The van der Waals surface area contributed by atoms with Crippen LogP contribution < -0.4 is 10.1 Å². The molecular formula is C44H37BrN4O4S. The summed E-state index contributed by atoms with van der Waals surface area (Å²) in [5.41, 5.74) is 4.69. The molecule has 0 bridgehead atoms. The zero-order valence-electron chi connectivity index (χ0n) is 29.6. The van der Waals surface area contributed by atoms with E-state index >= 15 is 0 Å². The number of amides is 3. The summed E-state index contributed by atoms with van der Waals surface area (Å²) >= 11 is 4.60. The molecule has 0 radical (unpaired) electrons. The lowest BCUT2D eigenvalue weighted by Crippen LogP contribution is -2.42. The van der Waals surface area contributed by atoms with Crippen molar-refractivity contribution in [2.45, 2.75) is 26.0 Å². The predicted molar refractivity (Wildman–Crippen MR) is 219 cm³/mol. The van der Waals surface area contributed by atoms with Crippen LogP contribution in [0.25, 0.3) is 6.08 Å². The number of ether oxygens (including phenoxy) is 1. The lowest BCUT2D eigenvalue weighted by Gasteiger charge is -2.28. The van der Waals surface area contributed by atoms with Gasteiger partial charge in [-0.3, -0.25) is 19.3 Å². The number of nitriles is 1. The molecular weight excluding hydrogens is 760 g/mol. The van der Waals surface area contributed by atoms with Gasteiger partial charge in [-0.15, -0.1) is 6.58 Å². The number of nitrogens with one attached hydrogen (secondary N) is 1. The second kappa shape index (κ2) is 19.2. The third-order valence-corrected chi connectivity index (χ3v) is 9.77. The lowest BCUT2D eigenvalue weighted by molar-refractivity contribution is -0.126. The largest absolute Gasteiger partial charge is 0.487 e. The number of halogens is 1. The summed E-state index contributed by atoms with van der Waals surface area (Å²) < 4.78 is 6.77. The number of allylic oxidation sites excluding steroid dienone is 5. The Labute approximate surface area is 328 Å². The monoisotopic (exact) mass is 796 g/mol. The maximum absolute atomic E-state index is 14.3. The minimum atomic E-state index is -0.733. The molecule has 5 rings (SSSR count). The molecule has 0 atom stereocenters. The molecule has 0 saturated carbocycles. The van der Waals surface area contributed by atoms with Gasteiger partial charge >= 0.3 is 0 Å². The fourth-order valence-corrected chi connectivity index (χ4v) is 7.13. The predicted octanol–water partition coefficient (Wildman–Crippen LogP) is 9.02. The molecule has 54 heavy (non-hydrogen) atoms. The molecule has 4 aromatic carbocycles. The summed E-state index contributed by atoms with van der Waals surface area (Å²) in [6, 6.07) is 31.8. The van der Waals surface area contributed by atoms with Crippen LogP contribution in [0.2, 0.25) is 0 Å². The summed E-state index contributed by atoms with van der Waals surface area (Å²) in [5, 5.41) is 12.7. The number of thioether (sulfide) groups is 1. The van der Waals surface area contributed by atoms with Crippen LogP contribution in [0.3, 0.4) is 0 Å². The zero-order chi connectivity index (χ0) is 38.5. The van der Waals surface area contributed by atoms with Crippen molar-refractivity contribution in [2.75, 3.05) is 5.75 Å². The van der Waals surface area contributed by atoms with Crippen LogP contribution in [0.1, 0.15) is 46.3 Å². The maximum atomic E-state index is 14.3. The first-order valence-corrected chi connectivity index (χ1v) is 18.8. The van der Waals surface area contributed by atoms with Crippen LogP contribution in [-0.2, 0) is 27.4 Å². The first-order valence-electron chi connectivity index (χ1n) is 17.0. The Bertz CT molecular complexity index is 2180. The summed E-state index contributed by atoms with van der Waals surface area (Å²) in [6.07, 6.45) is 10.3. The maximum Gasteiger partial charge on any atom is 0.285 e. The van der Waals surface area contributed by atoms with Crippen LogP contribution in [0.15, 0.2) is 161 Å². The van der Waals surface area contributed by atoms with Crippen LogP contribution in [0.4, 0.5) is 0 Å².